The molecule has 0 aromatic carbocycles. The van der Waals surface area contributed by atoms with Crippen molar-refractivity contribution in [1.82, 2.24) is 25.8 Å². The fourth-order valence-electron chi connectivity index (χ4n) is 3.95. The summed E-state index contributed by atoms with van der Waals surface area (Å²) in [5.41, 5.74) is 0.388. The molecule has 2 fully saturated rings. The molecule has 0 bridgehead atoms. The Morgan fingerprint density at radius 3 is 2.76 bits per heavy atom. The Morgan fingerprint density at radius 1 is 1.28 bits per heavy atom. The number of aliphatic hydroxyl groups excluding tert-OH is 1. The largest absolute Gasteiger partial charge is 0.379 e. The number of rotatable bonds is 7. The van der Waals surface area contributed by atoms with Crippen LogP contribution in [-0.2, 0) is 5.41 Å². The van der Waals surface area contributed by atoms with Gasteiger partial charge in [-0.1, -0.05) is 6.42 Å². The van der Waals surface area contributed by atoms with Crippen molar-refractivity contribution in [3.63, 3.8) is 0 Å². The fourth-order valence-corrected chi connectivity index (χ4v) is 3.95. The van der Waals surface area contributed by atoms with Crippen LogP contribution >= 0.6 is 0 Å². The van der Waals surface area contributed by atoms with Crippen LogP contribution in [0.15, 0.2) is 30.5 Å². The molecule has 1 amide bonds. The molecule has 2 unspecified atom stereocenters. The molecular weight excluding hydrogens is 375 g/mol. The smallest absolute Gasteiger partial charge is 0.271 e. The summed E-state index contributed by atoms with van der Waals surface area (Å²) in [6, 6.07) is 6.40. The molecule has 4 N–H and O–H groups in total. The summed E-state index contributed by atoms with van der Waals surface area (Å²) < 4.78 is 14.2. The normalized spacial score (nSPS) is 22.7. The molecule has 8 nitrogen and oxygen atoms in total. The predicted octanol–water partition coefficient (Wildman–Crippen LogP) is 1.34. The lowest BCUT2D eigenvalue weighted by atomic mass is 9.66. The quantitative estimate of drug-likeness (QED) is 0.555. The third kappa shape index (κ3) is 4.35. The van der Waals surface area contributed by atoms with E-state index in [9.17, 15) is 14.3 Å². The van der Waals surface area contributed by atoms with Gasteiger partial charge in [0.05, 0.1) is 5.69 Å². The Balaban J connectivity index is 1.32. The molecule has 9 heteroatoms. The van der Waals surface area contributed by atoms with E-state index in [1.54, 1.807) is 24.4 Å². The zero-order chi connectivity index (χ0) is 20.3. The Kier molecular flexibility index (Phi) is 5.68. The minimum absolute atomic E-state index is 0.0634. The van der Waals surface area contributed by atoms with Crippen LogP contribution in [0.5, 0.6) is 0 Å². The highest BCUT2D eigenvalue weighted by Crippen LogP contribution is 2.43. The van der Waals surface area contributed by atoms with Crippen LogP contribution in [0.2, 0.25) is 0 Å². The lowest BCUT2D eigenvalue weighted by Gasteiger charge is -2.41. The van der Waals surface area contributed by atoms with Gasteiger partial charge in [-0.15, -0.1) is 10.2 Å². The summed E-state index contributed by atoms with van der Waals surface area (Å²) >= 11 is 0. The molecule has 2 aliphatic rings. The first-order valence-corrected chi connectivity index (χ1v) is 9.97. The summed E-state index contributed by atoms with van der Waals surface area (Å²) in [5, 5.41) is 26.5. The standard InChI is InChI=1S/C20H25FN6O2/c21-14-3-1-10-22-18(14)20(8-2-9-20)12-24-16-6-5-15(26-27-16)19(29)23-11-13-4-7-17(28)25-13/h1,3,5-6,10,13,17,25,28H,2,4,7-9,11-12H2,(H,23,29)(H,24,27). The molecule has 1 aliphatic carbocycles. The monoisotopic (exact) mass is 400 g/mol. The van der Waals surface area contributed by atoms with Crippen LogP contribution in [0.1, 0.15) is 48.3 Å². The number of hydrogen-bond donors (Lipinski definition) is 4. The molecule has 1 saturated carbocycles. The van der Waals surface area contributed by atoms with Crippen molar-refractivity contribution in [2.24, 2.45) is 0 Å². The maximum absolute atomic E-state index is 14.2. The van der Waals surface area contributed by atoms with Crippen molar-refractivity contribution < 1.29 is 14.3 Å². The Morgan fingerprint density at radius 2 is 2.14 bits per heavy atom. The third-order valence-electron chi connectivity index (χ3n) is 5.80. The van der Waals surface area contributed by atoms with E-state index < -0.39 is 6.23 Å². The van der Waals surface area contributed by atoms with E-state index >= 15 is 0 Å². The second-order valence-electron chi connectivity index (χ2n) is 7.79. The fraction of sp³-hybridized carbons (Fsp3) is 0.500. The van der Waals surface area contributed by atoms with Gasteiger partial charge in [0.1, 0.15) is 17.9 Å². The van der Waals surface area contributed by atoms with E-state index in [2.05, 4.69) is 31.1 Å². The number of nitrogens with zero attached hydrogens (tertiary/aromatic N) is 3. The molecule has 29 heavy (non-hydrogen) atoms. The van der Waals surface area contributed by atoms with Crippen LogP contribution in [0.3, 0.4) is 0 Å². The minimum atomic E-state index is -0.499. The highest BCUT2D eigenvalue weighted by atomic mass is 19.1. The summed E-state index contributed by atoms with van der Waals surface area (Å²) in [4.78, 5) is 16.5. The van der Waals surface area contributed by atoms with Crippen molar-refractivity contribution in [3.8, 4) is 0 Å². The van der Waals surface area contributed by atoms with E-state index in [-0.39, 0.29) is 28.9 Å². The molecule has 154 valence electrons. The Hall–Kier alpha value is -2.65. The number of anilines is 1. The van der Waals surface area contributed by atoms with Crippen LogP contribution in [0.25, 0.3) is 0 Å². The van der Waals surface area contributed by atoms with Gasteiger partial charge in [-0.3, -0.25) is 15.1 Å². The van der Waals surface area contributed by atoms with E-state index in [0.717, 1.165) is 25.7 Å². The summed E-state index contributed by atoms with van der Waals surface area (Å²) in [6.07, 6.45) is 5.39. The highest BCUT2D eigenvalue weighted by molar-refractivity contribution is 5.92. The third-order valence-corrected chi connectivity index (χ3v) is 5.80. The van der Waals surface area contributed by atoms with Crippen molar-refractivity contribution in [3.05, 3.63) is 47.7 Å². The lowest BCUT2D eigenvalue weighted by Crippen LogP contribution is -2.42. The van der Waals surface area contributed by atoms with Gasteiger partial charge in [-0.05, 0) is 49.9 Å². The average Bonchev–Trinajstić information content (AvgIpc) is 3.12. The maximum Gasteiger partial charge on any atom is 0.271 e. The van der Waals surface area contributed by atoms with Crippen LogP contribution in [0.4, 0.5) is 10.2 Å². The molecular formula is C20H25FN6O2. The molecule has 2 aromatic heterocycles. The zero-order valence-electron chi connectivity index (χ0n) is 16.1. The summed E-state index contributed by atoms with van der Waals surface area (Å²) in [5.74, 6) is -0.0561. The van der Waals surface area contributed by atoms with E-state index in [1.807, 2.05) is 0 Å². The van der Waals surface area contributed by atoms with Gasteiger partial charge in [0.25, 0.3) is 5.91 Å². The topological polar surface area (TPSA) is 112 Å². The molecule has 1 aliphatic heterocycles. The molecule has 2 aromatic rings. The number of amides is 1. The van der Waals surface area contributed by atoms with Gasteiger partial charge in [0.15, 0.2) is 5.69 Å². The van der Waals surface area contributed by atoms with Crippen LogP contribution in [0, 0.1) is 5.82 Å². The first-order chi connectivity index (χ1) is 14.1. The van der Waals surface area contributed by atoms with E-state index in [0.29, 0.717) is 31.0 Å². The maximum atomic E-state index is 14.2. The second-order valence-corrected chi connectivity index (χ2v) is 7.79. The first kappa shape index (κ1) is 19.7. The number of halogens is 1. The Labute approximate surface area is 168 Å². The minimum Gasteiger partial charge on any atom is -0.379 e. The number of pyridine rings is 1. The first-order valence-electron chi connectivity index (χ1n) is 9.97. The SMILES string of the molecule is O=C(NCC1CCC(O)N1)c1ccc(NCC2(c3ncccc3F)CCC2)nn1. The van der Waals surface area contributed by atoms with Gasteiger partial charge in [-0.2, -0.15) is 0 Å². The van der Waals surface area contributed by atoms with Gasteiger partial charge in [0.2, 0.25) is 0 Å². The predicted molar refractivity (Wildman–Crippen MR) is 105 cm³/mol. The molecule has 3 heterocycles. The molecule has 0 radical (unpaired) electrons. The van der Waals surface area contributed by atoms with Crippen molar-refractivity contribution >= 4 is 11.7 Å². The van der Waals surface area contributed by atoms with E-state index in [1.165, 1.54) is 6.07 Å². The van der Waals surface area contributed by atoms with E-state index in [4.69, 9.17) is 0 Å². The number of aromatic nitrogens is 3. The number of carbonyl (C=O) groups excluding carboxylic acids is 1. The average molecular weight is 400 g/mol. The molecule has 2 atom stereocenters. The number of carbonyl (C=O) groups is 1. The second kappa shape index (κ2) is 8.38. The van der Waals surface area contributed by atoms with Crippen molar-refractivity contribution in [1.29, 1.82) is 0 Å². The summed E-state index contributed by atoms with van der Waals surface area (Å²) in [7, 11) is 0. The lowest BCUT2D eigenvalue weighted by molar-refractivity contribution is 0.0940. The molecule has 4 rings (SSSR count). The van der Waals surface area contributed by atoms with Gasteiger partial charge < -0.3 is 15.7 Å². The Bertz CT molecular complexity index is 858. The number of aliphatic hydroxyl groups is 1. The van der Waals surface area contributed by atoms with Crippen molar-refractivity contribution in [2.45, 2.75) is 49.8 Å². The van der Waals surface area contributed by atoms with Crippen molar-refractivity contribution in [2.75, 3.05) is 18.4 Å². The highest BCUT2D eigenvalue weighted by Gasteiger charge is 2.41. The molecule has 0 spiro atoms. The van der Waals surface area contributed by atoms with Gasteiger partial charge in [-0.25, -0.2) is 4.39 Å². The zero-order valence-corrected chi connectivity index (χ0v) is 16.1. The van der Waals surface area contributed by atoms with Crippen LogP contribution in [-0.4, -0.2) is 51.6 Å². The summed E-state index contributed by atoms with van der Waals surface area (Å²) in [6.45, 7) is 0.937. The van der Waals surface area contributed by atoms with Gasteiger partial charge in [0, 0.05) is 30.7 Å². The van der Waals surface area contributed by atoms with Crippen LogP contribution < -0.4 is 16.0 Å². The van der Waals surface area contributed by atoms with Gasteiger partial charge >= 0.3 is 0 Å². The number of hydrogen-bond acceptors (Lipinski definition) is 7. The number of nitrogens with one attached hydrogen (secondary N) is 3. The molecule has 1 saturated heterocycles.